The number of ketones is 1. The van der Waals surface area contributed by atoms with Crippen molar-refractivity contribution in [2.75, 3.05) is 13.7 Å². The third-order valence-corrected chi connectivity index (χ3v) is 5.80. The first-order chi connectivity index (χ1) is 15.9. The number of amides is 1. The molecule has 1 aromatic heterocycles. The predicted octanol–water partition coefficient (Wildman–Crippen LogP) is 4.20. The number of aromatic nitrogens is 2. The second kappa shape index (κ2) is 9.46. The molecule has 170 valence electrons. The molecule has 0 aliphatic carbocycles. The van der Waals surface area contributed by atoms with Crippen molar-refractivity contribution in [3.8, 4) is 5.75 Å². The Hall–Kier alpha value is -3.65. The molecule has 0 spiro atoms. The van der Waals surface area contributed by atoms with E-state index in [9.17, 15) is 19.1 Å². The number of ether oxygens (including phenoxy) is 1. The Kier molecular flexibility index (Phi) is 6.46. The highest BCUT2D eigenvalue weighted by Gasteiger charge is 2.45. The fourth-order valence-corrected chi connectivity index (χ4v) is 4.20. The molecule has 1 amide bonds. The highest BCUT2D eigenvalue weighted by atomic mass is 35.5. The average Bonchev–Trinajstić information content (AvgIpc) is 3.41. The Morgan fingerprint density at radius 1 is 1.21 bits per heavy atom. The Labute approximate surface area is 194 Å². The molecule has 9 heteroatoms. The molecular weight excluding hydrogens is 449 g/mol. The molecule has 0 saturated carbocycles. The quantitative estimate of drug-likeness (QED) is 0.318. The molecule has 4 rings (SSSR count). The van der Waals surface area contributed by atoms with Crippen LogP contribution < -0.4 is 4.74 Å². The number of aliphatic hydroxyl groups excluding tert-OH is 1. The number of imidazole rings is 1. The summed E-state index contributed by atoms with van der Waals surface area (Å²) in [6.07, 6.45) is 5.64. The lowest BCUT2D eigenvalue weighted by Crippen LogP contribution is -2.31. The van der Waals surface area contributed by atoms with Crippen LogP contribution in [0.5, 0.6) is 5.75 Å². The average molecular weight is 470 g/mol. The van der Waals surface area contributed by atoms with Crippen molar-refractivity contribution in [3.63, 3.8) is 0 Å². The highest BCUT2D eigenvalue weighted by Crippen LogP contribution is 2.40. The molecule has 0 radical (unpaired) electrons. The van der Waals surface area contributed by atoms with Gasteiger partial charge in [0.1, 0.15) is 17.3 Å². The van der Waals surface area contributed by atoms with E-state index in [0.29, 0.717) is 24.3 Å². The van der Waals surface area contributed by atoms with Gasteiger partial charge in [-0.3, -0.25) is 9.59 Å². The van der Waals surface area contributed by atoms with E-state index >= 15 is 0 Å². The smallest absolute Gasteiger partial charge is 0.295 e. The summed E-state index contributed by atoms with van der Waals surface area (Å²) in [5, 5.41) is 11.3. The number of aryl methyl sites for hydroxylation is 1. The first-order valence-electron chi connectivity index (χ1n) is 10.2. The minimum absolute atomic E-state index is 0.116. The Morgan fingerprint density at radius 2 is 2.03 bits per heavy atom. The van der Waals surface area contributed by atoms with Gasteiger partial charge in [0.05, 0.1) is 30.1 Å². The third kappa shape index (κ3) is 4.47. The fourth-order valence-electron chi connectivity index (χ4n) is 3.95. The molecule has 1 saturated heterocycles. The summed E-state index contributed by atoms with van der Waals surface area (Å²) in [6, 6.07) is 9.25. The minimum atomic E-state index is -0.940. The normalized spacial score (nSPS) is 17.5. The number of carbonyl (C=O) groups excluding carboxylic acids is 2. The van der Waals surface area contributed by atoms with Crippen LogP contribution in [0.25, 0.3) is 5.76 Å². The van der Waals surface area contributed by atoms with Crippen LogP contribution in [0, 0.1) is 5.82 Å². The SMILES string of the molecule is COc1ccc(C(O)=C2C(=O)C(=O)N(CCCn3ccnc3)[C@@H]2c2cccc(F)c2)cc1Cl. The lowest BCUT2D eigenvalue weighted by Gasteiger charge is -2.25. The second-order valence-corrected chi connectivity index (χ2v) is 7.96. The van der Waals surface area contributed by atoms with Gasteiger partial charge in [0, 0.05) is 31.0 Å². The van der Waals surface area contributed by atoms with Gasteiger partial charge in [0.15, 0.2) is 0 Å². The van der Waals surface area contributed by atoms with Crippen molar-refractivity contribution in [3.05, 3.63) is 88.7 Å². The van der Waals surface area contributed by atoms with E-state index in [1.54, 1.807) is 30.9 Å². The van der Waals surface area contributed by atoms with Crippen molar-refractivity contribution in [2.24, 2.45) is 0 Å². The predicted molar refractivity (Wildman–Crippen MR) is 120 cm³/mol. The monoisotopic (exact) mass is 469 g/mol. The largest absolute Gasteiger partial charge is 0.507 e. The molecule has 1 aliphatic heterocycles. The van der Waals surface area contributed by atoms with Crippen LogP contribution in [-0.4, -0.2) is 44.9 Å². The van der Waals surface area contributed by atoms with Crippen LogP contribution in [0.1, 0.15) is 23.6 Å². The van der Waals surface area contributed by atoms with E-state index in [2.05, 4.69) is 4.98 Å². The van der Waals surface area contributed by atoms with E-state index in [0.717, 1.165) is 0 Å². The second-order valence-electron chi connectivity index (χ2n) is 7.55. The van der Waals surface area contributed by atoms with Gasteiger partial charge in [-0.15, -0.1) is 0 Å². The van der Waals surface area contributed by atoms with E-state index in [-0.39, 0.29) is 28.5 Å². The molecule has 0 bridgehead atoms. The van der Waals surface area contributed by atoms with Gasteiger partial charge < -0.3 is 19.3 Å². The van der Waals surface area contributed by atoms with Crippen molar-refractivity contribution in [1.82, 2.24) is 14.5 Å². The van der Waals surface area contributed by atoms with Crippen LogP contribution in [-0.2, 0) is 16.1 Å². The zero-order valence-corrected chi connectivity index (χ0v) is 18.5. The molecule has 1 atom stereocenters. The van der Waals surface area contributed by atoms with Gasteiger partial charge in [-0.2, -0.15) is 0 Å². The Bertz CT molecular complexity index is 1230. The van der Waals surface area contributed by atoms with Crippen molar-refractivity contribution in [1.29, 1.82) is 0 Å². The first kappa shape index (κ1) is 22.5. The first-order valence-corrected chi connectivity index (χ1v) is 10.6. The summed E-state index contributed by atoms with van der Waals surface area (Å²) in [5.74, 6) is -2.09. The molecule has 1 fully saturated rings. The molecule has 1 aliphatic rings. The lowest BCUT2D eigenvalue weighted by molar-refractivity contribution is -0.139. The zero-order valence-electron chi connectivity index (χ0n) is 17.7. The molecule has 1 N–H and O–H groups in total. The number of halogens is 2. The number of aliphatic hydroxyl groups is 1. The van der Waals surface area contributed by atoms with E-state index in [4.69, 9.17) is 16.3 Å². The van der Waals surface area contributed by atoms with Gasteiger partial charge in [-0.25, -0.2) is 9.37 Å². The summed E-state index contributed by atoms with van der Waals surface area (Å²) >= 11 is 6.19. The van der Waals surface area contributed by atoms with Gasteiger partial charge in [0.25, 0.3) is 11.7 Å². The van der Waals surface area contributed by atoms with E-state index < -0.39 is 23.5 Å². The summed E-state index contributed by atoms with van der Waals surface area (Å²) in [7, 11) is 1.46. The van der Waals surface area contributed by atoms with Crippen molar-refractivity contribution >= 4 is 29.1 Å². The van der Waals surface area contributed by atoms with Crippen LogP contribution in [0.15, 0.2) is 66.8 Å². The van der Waals surface area contributed by atoms with E-state index in [1.807, 2.05) is 4.57 Å². The number of Topliss-reactive ketones (excluding diaryl/α,β-unsaturated/α-hetero) is 1. The van der Waals surface area contributed by atoms with Crippen molar-refractivity contribution < 1.29 is 23.8 Å². The van der Waals surface area contributed by atoms with E-state index in [1.165, 1.54) is 42.3 Å². The lowest BCUT2D eigenvalue weighted by atomic mass is 9.95. The molecule has 0 unspecified atom stereocenters. The van der Waals surface area contributed by atoms with Crippen LogP contribution in [0.3, 0.4) is 0 Å². The van der Waals surface area contributed by atoms with Gasteiger partial charge in [-0.1, -0.05) is 23.7 Å². The molecule has 2 aromatic carbocycles. The Balaban J connectivity index is 1.75. The maximum absolute atomic E-state index is 14.1. The number of carbonyl (C=O) groups is 2. The number of hydrogen-bond donors (Lipinski definition) is 1. The number of hydrogen-bond acceptors (Lipinski definition) is 5. The zero-order chi connectivity index (χ0) is 23.5. The highest BCUT2D eigenvalue weighted by molar-refractivity contribution is 6.46. The summed E-state index contributed by atoms with van der Waals surface area (Å²) in [5.41, 5.74) is 0.520. The number of likely N-dealkylation sites (tertiary alicyclic amines) is 1. The number of benzene rings is 2. The van der Waals surface area contributed by atoms with Gasteiger partial charge >= 0.3 is 0 Å². The molecule has 3 aromatic rings. The molecule has 7 nitrogen and oxygen atoms in total. The maximum atomic E-state index is 14.1. The number of nitrogens with zero attached hydrogens (tertiary/aromatic N) is 3. The molecule has 33 heavy (non-hydrogen) atoms. The third-order valence-electron chi connectivity index (χ3n) is 5.50. The molecule has 2 heterocycles. The topological polar surface area (TPSA) is 84.7 Å². The Morgan fingerprint density at radius 3 is 2.70 bits per heavy atom. The fraction of sp³-hybridized carbons (Fsp3) is 0.208. The summed E-state index contributed by atoms with van der Waals surface area (Å²) in [6.45, 7) is 0.803. The standard InChI is InChI=1S/C24H21ClFN3O4/c1-33-19-7-6-16(13-18(19)25)22(30)20-21(15-4-2-5-17(26)12-15)29(24(32)23(20)31)10-3-9-28-11-8-27-14-28/h2,4-8,11-14,21,30H,3,9-10H2,1H3/t21-/m1/s1. The minimum Gasteiger partial charge on any atom is -0.507 e. The van der Waals surface area contributed by atoms with Crippen molar-refractivity contribution in [2.45, 2.75) is 19.0 Å². The maximum Gasteiger partial charge on any atom is 0.295 e. The van der Waals surface area contributed by atoms with Crippen LogP contribution in [0.2, 0.25) is 5.02 Å². The summed E-state index contributed by atoms with van der Waals surface area (Å²) in [4.78, 5) is 31.3. The molecular formula is C24H21ClFN3O4. The number of rotatable bonds is 7. The van der Waals surface area contributed by atoms with Gasteiger partial charge in [0.2, 0.25) is 0 Å². The van der Waals surface area contributed by atoms with Gasteiger partial charge in [-0.05, 0) is 42.3 Å². The number of methoxy groups -OCH3 is 1. The van der Waals surface area contributed by atoms with Crippen LogP contribution >= 0.6 is 11.6 Å². The van der Waals surface area contributed by atoms with Crippen LogP contribution in [0.4, 0.5) is 4.39 Å². The summed E-state index contributed by atoms with van der Waals surface area (Å²) < 4.78 is 21.0.